The number of hydrogen-bond donors (Lipinski definition) is 2. The molecule has 0 heterocycles. The lowest BCUT2D eigenvalue weighted by Crippen LogP contribution is -2.16. The smallest absolute Gasteiger partial charge is 0.261 e. The van der Waals surface area contributed by atoms with Crippen LogP contribution in [0.1, 0.15) is 10.4 Å². The van der Waals surface area contributed by atoms with Gasteiger partial charge in [-0.3, -0.25) is 9.52 Å². The number of anilines is 2. The molecule has 0 fully saturated rings. The van der Waals surface area contributed by atoms with E-state index in [1.807, 2.05) is 0 Å². The number of ether oxygens (including phenoxy) is 1. The van der Waals surface area contributed by atoms with E-state index in [0.29, 0.717) is 15.9 Å². The number of sulfonamides is 1. The minimum Gasteiger partial charge on any atom is -0.496 e. The summed E-state index contributed by atoms with van der Waals surface area (Å²) in [7, 11) is -2.45. The van der Waals surface area contributed by atoms with Gasteiger partial charge in [-0.25, -0.2) is 12.8 Å². The van der Waals surface area contributed by atoms with Gasteiger partial charge in [0.1, 0.15) is 11.6 Å². The third kappa shape index (κ3) is 4.93. The Hall–Kier alpha value is -2.91. The van der Waals surface area contributed by atoms with Crippen molar-refractivity contribution in [3.63, 3.8) is 0 Å². The highest BCUT2D eigenvalue weighted by Gasteiger charge is 2.18. The van der Waals surface area contributed by atoms with E-state index in [-0.39, 0.29) is 16.1 Å². The van der Waals surface area contributed by atoms with Gasteiger partial charge in [0.15, 0.2) is 0 Å². The summed E-state index contributed by atoms with van der Waals surface area (Å²) in [4.78, 5) is 12.3. The lowest BCUT2D eigenvalue weighted by Gasteiger charge is -2.11. The Bertz CT molecular complexity index is 1170. The second-order valence-electron chi connectivity index (χ2n) is 5.92. The SMILES string of the molecule is COc1ccc(NS(=O)(=O)c2cccc(C(=O)Nc3ccccc3F)c2)cc1Br. The van der Waals surface area contributed by atoms with Crippen molar-refractivity contribution in [3.8, 4) is 5.75 Å². The topological polar surface area (TPSA) is 84.5 Å². The summed E-state index contributed by atoms with van der Waals surface area (Å²) in [6.45, 7) is 0. The predicted octanol–water partition coefficient (Wildman–Crippen LogP) is 4.65. The molecule has 1 amide bonds. The number of carbonyl (C=O) groups excluding carboxylic acids is 1. The molecule has 0 saturated heterocycles. The van der Waals surface area contributed by atoms with Crippen LogP contribution in [0.3, 0.4) is 0 Å². The fourth-order valence-electron chi connectivity index (χ4n) is 2.51. The zero-order valence-electron chi connectivity index (χ0n) is 15.1. The minimum atomic E-state index is -3.95. The molecule has 3 aromatic carbocycles. The van der Waals surface area contributed by atoms with Crippen molar-refractivity contribution in [3.05, 3.63) is 82.6 Å². The first-order valence-corrected chi connectivity index (χ1v) is 10.6. The van der Waals surface area contributed by atoms with Gasteiger partial charge >= 0.3 is 0 Å². The van der Waals surface area contributed by atoms with Gasteiger partial charge in [0.05, 0.1) is 27.9 Å². The lowest BCUT2D eigenvalue weighted by atomic mass is 10.2. The third-order valence-corrected chi connectivity index (χ3v) is 5.93. The molecule has 0 unspecified atom stereocenters. The molecule has 0 aliphatic rings. The highest BCUT2D eigenvalue weighted by atomic mass is 79.9. The summed E-state index contributed by atoms with van der Waals surface area (Å²) in [6, 6.07) is 15.9. The Kier molecular flexibility index (Phi) is 6.19. The second-order valence-corrected chi connectivity index (χ2v) is 8.45. The van der Waals surface area contributed by atoms with Crippen LogP contribution in [0, 0.1) is 5.82 Å². The van der Waals surface area contributed by atoms with E-state index in [4.69, 9.17) is 4.74 Å². The average Bonchev–Trinajstić information content (AvgIpc) is 2.69. The van der Waals surface area contributed by atoms with Crippen LogP contribution < -0.4 is 14.8 Å². The van der Waals surface area contributed by atoms with E-state index in [2.05, 4.69) is 26.0 Å². The van der Waals surface area contributed by atoms with Crippen molar-refractivity contribution in [2.75, 3.05) is 17.1 Å². The van der Waals surface area contributed by atoms with Crippen LogP contribution in [0.25, 0.3) is 0 Å². The maximum atomic E-state index is 13.7. The van der Waals surface area contributed by atoms with Crippen molar-refractivity contribution < 1.29 is 22.3 Å². The fourth-order valence-corrected chi connectivity index (χ4v) is 4.14. The summed E-state index contributed by atoms with van der Waals surface area (Å²) in [6.07, 6.45) is 0. The normalized spacial score (nSPS) is 11.0. The first-order chi connectivity index (χ1) is 13.8. The van der Waals surface area contributed by atoms with E-state index >= 15 is 0 Å². The number of benzene rings is 3. The molecular weight excluding hydrogens is 463 g/mol. The van der Waals surface area contributed by atoms with Gasteiger partial charge in [-0.2, -0.15) is 0 Å². The Morgan fingerprint density at radius 3 is 2.48 bits per heavy atom. The van der Waals surface area contributed by atoms with Crippen molar-refractivity contribution in [2.45, 2.75) is 4.90 Å². The number of methoxy groups -OCH3 is 1. The van der Waals surface area contributed by atoms with E-state index in [1.54, 1.807) is 24.3 Å². The molecule has 0 bridgehead atoms. The molecule has 3 aromatic rings. The molecular formula is C20H16BrFN2O4S. The van der Waals surface area contributed by atoms with Crippen LogP contribution in [0.4, 0.5) is 15.8 Å². The van der Waals surface area contributed by atoms with E-state index in [1.165, 1.54) is 49.6 Å². The van der Waals surface area contributed by atoms with Gasteiger partial charge in [0, 0.05) is 5.56 Å². The molecule has 6 nitrogen and oxygen atoms in total. The van der Waals surface area contributed by atoms with Gasteiger partial charge in [0.25, 0.3) is 15.9 Å². The summed E-state index contributed by atoms with van der Waals surface area (Å²) < 4.78 is 47.3. The highest BCUT2D eigenvalue weighted by molar-refractivity contribution is 9.10. The maximum Gasteiger partial charge on any atom is 0.261 e. The summed E-state index contributed by atoms with van der Waals surface area (Å²) >= 11 is 3.30. The molecule has 3 rings (SSSR count). The first-order valence-electron chi connectivity index (χ1n) is 8.32. The second kappa shape index (κ2) is 8.62. The molecule has 0 spiro atoms. The number of nitrogens with one attached hydrogen (secondary N) is 2. The molecule has 0 aliphatic heterocycles. The Balaban J connectivity index is 1.83. The average molecular weight is 479 g/mol. The minimum absolute atomic E-state index is 0.00645. The largest absolute Gasteiger partial charge is 0.496 e. The fraction of sp³-hybridized carbons (Fsp3) is 0.0500. The molecule has 0 saturated carbocycles. The van der Waals surface area contributed by atoms with Crippen LogP contribution in [0.2, 0.25) is 0 Å². The van der Waals surface area contributed by atoms with Crippen molar-refractivity contribution in [2.24, 2.45) is 0 Å². The number of para-hydroxylation sites is 1. The van der Waals surface area contributed by atoms with E-state index in [0.717, 1.165) is 0 Å². The molecule has 150 valence electrons. The molecule has 0 radical (unpaired) electrons. The molecule has 9 heteroatoms. The van der Waals surface area contributed by atoms with Crippen molar-refractivity contribution in [1.82, 2.24) is 0 Å². The van der Waals surface area contributed by atoms with Crippen LogP contribution in [-0.2, 0) is 10.0 Å². The molecule has 2 N–H and O–H groups in total. The summed E-state index contributed by atoms with van der Waals surface area (Å²) in [5.74, 6) is -0.657. The van der Waals surface area contributed by atoms with Gasteiger partial charge in [0.2, 0.25) is 0 Å². The van der Waals surface area contributed by atoms with Crippen molar-refractivity contribution in [1.29, 1.82) is 0 Å². The maximum absolute atomic E-state index is 13.7. The van der Waals surface area contributed by atoms with Crippen molar-refractivity contribution >= 4 is 43.2 Å². The van der Waals surface area contributed by atoms with Gasteiger partial charge in [-0.1, -0.05) is 18.2 Å². The van der Waals surface area contributed by atoms with Gasteiger partial charge in [-0.15, -0.1) is 0 Å². The molecule has 0 aromatic heterocycles. The zero-order chi connectivity index (χ0) is 21.0. The Labute approximate surface area is 175 Å². The van der Waals surface area contributed by atoms with Crippen LogP contribution in [0.15, 0.2) is 76.1 Å². The monoisotopic (exact) mass is 478 g/mol. The molecule has 29 heavy (non-hydrogen) atoms. The van der Waals surface area contributed by atoms with Gasteiger partial charge in [-0.05, 0) is 64.5 Å². The molecule has 0 atom stereocenters. The van der Waals surface area contributed by atoms with E-state index in [9.17, 15) is 17.6 Å². The first kappa shape index (κ1) is 20.8. The Morgan fingerprint density at radius 1 is 1.03 bits per heavy atom. The van der Waals surface area contributed by atoms with Gasteiger partial charge < -0.3 is 10.1 Å². The quantitative estimate of drug-likeness (QED) is 0.539. The predicted molar refractivity (Wildman–Crippen MR) is 112 cm³/mol. The standard InChI is InChI=1S/C20H16BrFN2O4S/c1-28-19-10-9-14(12-16(19)21)24-29(26,27)15-6-4-5-13(11-15)20(25)23-18-8-3-2-7-17(18)22/h2-12,24H,1H3,(H,23,25). The van der Waals surface area contributed by atoms with Crippen LogP contribution in [0.5, 0.6) is 5.75 Å². The Morgan fingerprint density at radius 2 is 1.79 bits per heavy atom. The zero-order valence-corrected chi connectivity index (χ0v) is 17.6. The van der Waals surface area contributed by atoms with Crippen LogP contribution >= 0.6 is 15.9 Å². The summed E-state index contributed by atoms with van der Waals surface area (Å²) in [5.41, 5.74) is 0.401. The number of carbonyl (C=O) groups is 1. The number of rotatable bonds is 6. The number of halogens is 2. The van der Waals surface area contributed by atoms with Crippen LogP contribution in [-0.4, -0.2) is 21.4 Å². The number of amides is 1. The lowest BCUT2D eigenvalue weighted by molar-refractivity contribution is 0.102. The molecule has 0 aliphatic carbocycles. The highest BCUT2D eigenvalue weighted by Crippen LogP contribution is 2.29. The van der Waals surface area contributed by atoms with E-state index < -0.39 is 21.7 Å². The third-order valence-electron chi connectivity index (χ3n) is 3.93. The number of hydrogen-bond acceptors (Lipinski definition) is 4. The summed E-state index contributed by atoms with van der Waals surface area (Å²) in [5, 5.41) is 2.43.